The van der Waals surface area contributed by atoms with E-state index in [0.29, 0.717) is 23.5 Å². The smallest absolute Gasteiger partial charge is 0.320 e. The van der Waals surface area contributed by atoms with Gasteiger partial charge in [-0.2, -0.15) is 0 Å². The van der Waals surface area contributed by atoms with Gasteiger partial charge in [-0.3, -0.25) is 4.79 Å². The Morgan fingerprint density at radius 3 is 2.55 bits per heavy atom. The van der Waals surface area contributed by atoms with Gasteiger partial charge in [0.25, 0.3) is 5.91 Å². The molecule has 3 rings (SSSR count). The molecule has 0 atom stereocenters. The topological polar surface area (TPSA) is 57.0 Å². The van der Waals surface area contributed by atoms with Crippen molar-refractivity contribution in [3.8, 4) is 0 Å². The van der Waals surface area contributed by atoms with E-state index >= 15 is 0 Å². The van der Waals surface area contributed by atoms with E-state index in [1.165, 1.54) is 0 Å². The second-order valence-electron chi connectivity index (χ2n) is 5.68. The molecule has 3 heterocycles. The summed E-state index contributed by atoms with van der Waals surface area (Å²) in [5.74, 6) is 0.284. The maximum absolute atomic E-state index is 12.3. The van der Waals surface area contributed by atoms with E-state index in [2.05, 4.69) is 15.9 Å². The monoisotopic (exact) mass is 369 g/mol. The second kappa shape index (κ2) is 6.32. The van der Waals surface area contributed by atoms with Gasteiger partial charge in [-0.1, -0.05) is 0 Å². The van der Waals surface area contributed by atoms with Crippen LogP contribution in [-0.2, 0) is 0 Å². The van der Waals surface area contributed by atoms with Crippen molar-refractivity contribution in [3.05, 3.63) is 22.6 Å². The number of halogens is 1. The van der Waals surface area contributed by atoms with Crippen LogP contribution in [0.1, 0.15) is 30.3 Å². The van der Waals surface area contributed by atoms with E-state index in [-0.39, 0.29) is 18.0 Å². The molecule has 0 bridgehead atoms. The fourth-order valence-corrected chi connectivity index (χ4v) is 3.51. The molecule has 0 aliphatic carbocycles. The van der Waals surface area contributed by atoms with Crippen LogP contribution < -0.4 is 0 Å². The molecule has 22 heavy (non-hydrogen) atoms. The first kappa shape index (κ1) is 15.4. The van der Waals surface area contributed by atoms with Crippen LogP contribution >= 0.6 is 15.9 Å². The van der Waals surface area contributed by atoms with Crippen molar-refractivity contribution in [2.24, 2.45) is 0 Å². The molecule has 1 aromatic heterocycles. The Morgan fingerprint density at radius 1 is 1.27 bits per heavy atom. The van der Waals surface area contributed by atoms with E-state index < -0.39 is 0 Å². The number of hydrogen-bond donors (Lipinski definition) is 0. The molecule has 0 unspecified atom stereocenters. The predicted molar refractivity (Wildman–Crippen MR) is 84.7 cm³/mol. The summed E-state index contributed by atoms with van der Waals surface area (Å²) in [6, 6.07) is 3.79. The third kappa shape index (κ3) is 2.86. The van der Waals surface area contributed by atoms with Crippen LogP contribution in [0.4, 0.5) is 4.79 Å². The van der Waals surface area contributed by atoms with Gasteiger partial charge in [0.2, 0.25) is 0 Å². The van der Waals surface area contributed by atoms with Crippen LogP contribution in [0, 0.1) is 0 Å². The van der Waals surface area contributed by atoms with Crippen molar-refractivity contribution in [1.29, 1.82) is 0 Å². The van der Waals surface area contributed by atoms with E-state index in [1.807, 2.05) is 16.7 Å². The minimum atomic E-state index is -0.0768. The molecule has 6 nitrogen and oxygen atoms in total. The Labute approximate surface area is 138 Å². The number of urea groups is 1. The largest absolute Gasteiger partial charge is 0.444 e. The van der Waals surface area contributed by atoms with Crippen LogP contribution in [0.15, 0.2) is 21.2 Å². The molecule has 0 aromatic carbocycles. The Balaban J connectivity index is 1.57. The minimum Gasteiger partial charge on any atom is -0.444 e. The fourth-order valence-electron chi connectivity index (χ4n) is 3.20. The summed E-state index contributed by atoms with van der Waals surface area (Å²) in [6.07, 6.45) is 1.66. The van der Waals surface area contributed by atoms with Crippen molar-refractivity contribution in [2.45, 2.75) is 25.8 Å². The first-order valence-electron chi connectivity index (χ1n) is 7.70. The molecule has 0 spiro atoms. The summed E-state index contributed by atoms with van der Waals surface area (Å²) in [4.78, 5) is 30.2. The van der Waals surface area contributed by atoms with Crippen LogP contribution in [0.2, 0.25) is 0 Å². The molecule has 1 aromatic rings. The normalized spacial score (nSPS) is 20.1. The summed E-state index contributed by atoms with van der Waals surface area (Å²) in [5.41, 5.74) is 0. The summed E-state index contributed by atoms with van der Waals surface area (Å²) >= 11 is 3.21. The van der Waals surface area contributed by atoms with Gasteiger partial charge < -0.3 is 19.1 Å². The Hall–Kier alpha value is -1.50. The maximum atomic E-state index is 12.3. The molecule has 0 N–H and O–H groups in total. The van der Waals surface area contributed by atoms with Crippen molar-refractivity contribution < 1.29 is 14.0 Å². The van der Waals surface area contributed by atoms with Crippen molar-refractivity contribution in [3.63, 3.8) is 0 Å². The van der Waals surface area contributed by atoms with E-state index in [1.54, 1.807) is 17.0 Å². The van der Waals surface area contributed by atoms with Crippen molar-refractivity contribution in [2.75, 3.05) is 32.7 Å². The number of amides is 3. The van der Waals surface area contributed by atoms with Crippen molar-refractivity contribution >= 4 is 27.9 Å². The van der Waals surface area contributed by atoms with Gasteiger partial charge >= 0.3 is 6.03 Å². The SMILES string of the molecule is CCN1CCN(C2CCN(C(=O)c3ccc(Br)o3)CC2)C1=O. The first-order valence-corrected chi connectivity index (χ1v) is 8.49. The number of piperidine rings is 1. The zero-order valence-corrected chi connectivity index (χ0v) is 14.2. The average molecular weight is 370 g/mol. The number of rotatable bonds is 3. The molecule has 3 amide bonds. The summed E-state index contributed by atoms with van der Waals surface area (Å²) in [6.45, 7) is 5.71. The predicted octanol–water partition coefficient (Wildman–Crippen LogP) is 2.40. The van der Waals surface area contributed by atoms with Gasteiger partial charge in [-0.15, -0.1) is 0 Å². The number of likely N-dealkylation sites (N-methyl/N-ethyl adjacent to an activating group) is 1. The number of nitrogens with zero attached hydrogens (tertiary/aromatic N) is 3. The number of carbonyl (C=O) groups excluding carboxylic acids is 2. The lowest BCUT2D eigenvalue weighted by Gasteiger charge is -2.36. The summed E-state index contributed by atoms with van der Waals surface area (Å²) in [7, 11) is 0. The standard InChI is InChI=1S/C15H20BrN3O3/c1-2-17-9-10-19(15(17)21)11-5-7-18(8-6-11)14(20)12-3-4-13(16)22-12/h3-4,11H,2,5-10H2,1H3. The number of furan rings is 1. The fraction of sp³-hybridized carbons (Fsp3) is 0.600. The van der Waals surface area contributed by atoms with Gasteiger partial charge in [-0.05, 0) is 47.8 Å². The van der Waals surface area contributed by atoms with Crippen LogP contribution in [0.3, 0.4) is 0 Å². The van der Waals surface area contributed by atoms with Gasteiger partial charge in [0.05, 0.1) is 0 Å². The number of hydrogen-bond acceptors (Lipinski definition) is 3. The maximum Gasteiger partial charge on any atom is 0.320 e. The molecular weight excluding hydrogens is 350 g/mol. The Kier molecular flexibility index (Phi) is 4.42. The van der Waals surface area contributed by atoms with Gasteiger partial charge in [0.1, 0.15) is 0 Å². The zero-order chi connectivity index (χ0) is 15.7. The molecule has 120 valence electrons. The third-order valence-corrected chi connectivity index (χ3v) is 4.91. The highest BCUT2D eigenvalue weighted by Crippen LogP contribution is 2.23. The highest BCUT2D eigenvalue weighted by Gasteiger charge is 2.35. The van der Waals surface area contributed by atoms with Crippen LogP contribution in [-0.4, -0.2) is 65.4 Å². The molecule has 2 aliphatic rings. The summed E-state index contributed by atoms with van der Waals surface area (Å²) < 4.78 is 5.89. The third-order valence-electron chi connectivity index (χ3n) is 4.49. The lowest BCUT2D eigenvalue weighted by Crippen LogP contribution is -2.48. The first-order chi connectivity index (χ1) is 10.6. The highest BCUT2D eigenvalue weighted by molar-refractivity contribution is 9.10. The Bertz CT molecular complexity index is 566. The molecule has 2 saturated heterocycles. The molecular formula is C15H20BrN3O3. The van der Waals surface area contributed by atoms with Gasteiger partial charge in [0.15, 0.2) is 10.4 Å². The van der Waals surface area contributed by atoms with Crippen LogP contribution in [0.5, 0.6) is 0 Å². The summed E-state index contributed by atoms with van der Waals surface area (Å²) in [5, 5.41) is 0. The zero-order valence-electron chi connectivity index (χ0n) is 12.6. The van der Waals surface area contributed by atoms with Crippen molar-refractivity contribution in [1.82, 2.24) is 14.7 Å². The molecule has 7 heteroatoms. The lowest BCUT2D eigenvalue weighted by molar-refractivity contribution is 0.0631. The molecule has 2 aliphatic heterocycles. The quantitative estimate of drug-likeness (QED) is 0.821. The number of likely N-dealkylation sites (tertiary alicyclic amines) is 1. The van der Waals surface area contributed by atoms with E-state index in [0.717, 1.165) is 32.5 Å². The minimum absolute atomic E-state index is 0.0768. The van der Waals surface area contributed by atoms with Gasteiger partial charge in [0, 0.05) is 38.8 Å². The number of carbonyl (C=O) groups is 2. The van der Waals surface area contributed by atoms with E-state index in [4.69, 9.17) is 4.42 Å². The highest BCUT2D eigenvalue weighted by atomic mass is 79.9. The average Bonchev–Trinajstić information content (AvgIpc) is 3.12. The second-order valence-corrected chi connectivity index (χ2v) is 6.46. The van der Waals surface area contributed by atoms with E-state index in [9.17, 15) is 9.59 Å². The van der Waals surface area contributed by atoms with Gasteiger partial charge in [-0.25, -0.2) is 4.79 Å². The molecule has 0 saturated carbocycles. The van der Waals surface area contributed by atoms with Crippen LogP contribution in [0.25, 0.3) is 0 Å². The lowest BCUT2D eigenvalue weighted by atomic mass is 10.0. The molecule has 2 fully saturated rings. The Morgan fingerprint density at radius 2 is 2.00 bits per heavy atom. The molecule has 0 radical (unpaired) electrons.